The molecule has 0 amide bonds. The Kier molecular flexibility index (Phi) is 4.91. The second kappa shape index (κ2) is 6.67. The van der Waals surface area contributed by atoms with E-state index in [-0.39, 0.29) is 5.69 Å². The van der Waals surface area contributed by atoms with Gasteiger partial charge in [-0.2, -0.15) is 0 Å². The van der Waals surface area contributed by atoms with Crippen molar-refractivity contribution in [3.8, 4) is 5.88 Å². The van der Waals surface area contributed by atoms with E-state index in [4.69, 9.17) is 4.74 Å². The van der Waals surface area contributed by atoms with E-state index in [0.29, 0.717) is 26.9 Å². The van der Waals surface area contributed by atoms with Crippen molar-refractivity contribution in [2.45, 2.75) is 16.8 Å². The van der Waals surface area contributed by atoms with Crippen LogP contribution in [0.15, 0.2) is 45.0 Å². The van der Waals surface area contributed by atoms with Gasteiger partial charge in [0.05, 0.1) is 16.4 Å². The molecule has 104 valence electrons. The zero-order chi connectivity index (χ0) is 14.5. The average Bonchev–Trinajstić information content (AvgIpc) is 2.41. The number of nitrogens with zero attached hydrogens (tertiary/aromatic N) is 3. The van der Waals surface area contributed by atoms with Crippen molar-refractivity contribution in [1.82, 2.24) is 9.97 Å². The lowest BCUT2D eigenvalue weighted by molar-refractivity contribution is -0.387. The van der Waals surface area contributed by atoms with Crippen molar-refractivity contribution in [3.05, 3.63) is 45.2 Å². The van der Waals surface area contributed by atoms with E-state index < -0.39 is 4.92 Å². The predicted molar refractivity (Wildman–Crippen MR) is 78.1 cm³/mol. The van der Waals surface area contributed by atoms with Gasteiger partial charge in [-0.05, 0) is 19.1 Å². The molecule has 0 aliphatic rings. The van der Waals surface area contributed by atoms with Crippen molar-refractivity contribution in [1.29, 1.82) is 0 Å². The van der Waals surface area contributed by atoms with Crippen LogP contribution in [0.3, 0.4) is 0 Å². The molecule has 20 heavy (non-hydrogen) atoms. The molecule has 0 saturated carbocycles. The van der Waals surface area contributed by atoms with Gasteiger partial charge < -0.3 is 4.74 Å². The van der Waals surface area contributed by atoms with Crippen LogP contribution in [-0.4, -0.2) is 21.5 Å². The zero-order valence-electron chi connectivity index (χ0n) is 10.4. The molecular formula is C12H10BrN3O3S. The van der Waals surface area contributed by atoms with Crippen LogP contribution in [0.4, 0.5) is 5.69 Å². The second-order valence-electron chi connectivity index (χ2n) is 3.60. The normalized spacial score (nSPS) is 10.3. The number of aromatic nitrogens is 2. The van der Waals surface area contributed by atoms with E-state index in [1.807, 2.05) is 6.92 Å². The molecule has 0 radical (unpaired) electrons. The van der Waals surface area contributed by atoms with E-state index in [9.17, 15) is 10.1 Å². The first kappa shape index (κ1) is 14.7. The lowest BCUT2D eigenvalue weighted by Crippen LogP contribution is -1.95. The van der Waals surface area contributed by atoms with Crippen molar-refractivity contribution in [2.24, 2.45) is 0 Å². The minimum Gasteiger partial charge on any atom is -0.478 e. The Hall–Kier alpha value is -1.67. The third-order valence-corrected chi connectivity index (χ3v) is 3.73. The molecule has 1 aromatic carbocycles. The molecule has 0 saturated heterocycles. The third-order valence-electron chi connectivity index (χ3n) is 2.24. The maximum Gasteiger partial charge on any atom is 0.284 e. The van der Waals surface area contributed by atoms with E-state index in [0.717, 1.165) is 0 Å². The average molecular weight is 356 g/mol. The Balaban J connectivity index is 2.30. The molecule has 0 unspecified atom stereocenters. The first-order chi connectivity index (χ1) is 9.60. The number of nitro benzene ring substituents is 1. The first-order valence-electron chi connectivity index (χ1n) is 5.66. The van der Waals surface area contributed by atoms with Gasteiger partial charge in [0.15, 0.2) is 0 Å². The van der Waals surface area contributed by atoms with Gasteiger partial charge in [-0.1, -0.05) is 27.7 Å². The molecule has 6 nitrogen and oxygen atoms in total. The lowest BCUT2D eigenvalue weighted by Gasteiger charge is -2.05. The number of hydrogen-bond acceptors (Lipinski definition) is 6. The van der Waals surface area contributed by atoms with Crippen LogP contribution in [0.5, 0.6) is 5.88 Å². The minimum atomic E-state index is -0.419. The molecule has 0 aliphatic heterocycles. The monoisotopic (exact) mass is 355 g/mol. The second-order valence-corrected chi connectivity index (χ2v) is 5.58. The smallest absolute Gasteiger partial charge is 0.284 e. The maximum absolute atomic E-state index is 11.0. The standard InChI is InChI=1S/C12H10BrN3O3S/c1-2-19-11-6-12(15-7-14-11)20-10-4-3-8(13)5-9(10)16(17)18/h3-7H,2H2,1H3. The molecule has 2 aromatic rings. The Morgan fingerprint density at radius 1 is 1.40 bits per heavy atom. The minimum absolute atomic E-state index is 0.0287. The summed E-state index contributed by atoms with van der Waals surface area (Å²) in [6.45, 7) is 2.36. The van der Waals surface area contributed by atoms with Gasteiger partial charge in [0.1, 0.15) is 11.4 Å². The number of ether oxygens (including phenoxy) is 1. The quantitative estimate of drug-likeness (QED) is 0.462. The van der Waals surface area contributed by atoms with Gasteiger partial charge in [0, 0.05) is 16.6 Å². The number of nitro groups is 1. The van der Waals surface area contributed by atoms with E-state index in [2.05, 4.69) is 25.9 Å². The third kappa shape index (κ3) is 3.67. The van der Waals surface area contributed by atoms with Crippen LogP contribution >= 0.6 is 27.7 Å². The van der Waals surface area contributed by atoms with Gasteiger partial charge in [-0.15, -0.1) is 0 Å². The number of halogens is 1. The van der Waals surface area contributed by atoms with Gasteiger partial charge >= 0.3 is 0 Å². The molecule has 0 aliphatic carbocycles. The molecule has 8 heteroatoms. The van der Waals surface area contributed by atoms with Crippen LogP contribution in [-0.2, 0) is 0 Å². The van der Waals surface area contributed by atoms with Crippen molar-refractivity contribution in [3.63, 3.8) is 0 Å². The highest BCUT2D eigenvalue weighted by Gasteiger charge is 2.16. The van der Waals surface area contributed by atoms with Crippen LogP contribution in [0.25, 0.3) is 0 Å². The Bertz CT molecular complexity index is 639. The molecule has 0 spiro atoms. The largest absolute Gasteiger partial charge is 0.478 e. The fraction of sp³-hybridized carbons (Fsp3) is 0.167. The number of benzene rings is 1. The van der Waals surface area contributed by atoms with E-state index in [1.54, 1.807) is 18.2 Å². The summed E-state index contributed by atoms with van der Waals surface area (Å²) in [5.41, 5.74) is 0.0287. The molecule has 0 fully saturated rings. The highest BCUT2D eigenvalue weighted by molar-refractivity contribution is 9.10. The van der Waals surface area contributed by atoms with Crippen molar-refractivity contribution < 1.29 is 9.66 Å². The Morgan fingerprint density at radius 2 is 2.20 bits per heavy atom. The summed E-state index contributed by atoms with van der Waals surface area (Å²) < 4.78 is 5.93. The topological polar surface area (TPSA) is 78.2 Å². The molecule has 1 aromatic heterocycles. The van der Waals surface area contributed by atoms with Crippen LogP contribution in [0, 0.1) is 10.1 Å². The maximum atomic E-state index is 11.0. The summed E-state index contributed by atoms with van der Waals surface area (Å²) in [6, 6.07) is 6.54. The molecular weight excluding hydrogens is 346 g/mol. The lowest BCUT2D eigenvalue weighted by atomic mass is 10.3. The Morgan fingerprint density at radius 3 is 2.90 bits per heavy atom. The van der Waals surface area contributed by atoms with Crippen LogP contribution in [0.2, 0.25) is 0 Å². The first-order valence-corrected chi connectivity index (χ1v) is 7.27. The molecule has 0 bridgehead atoms. The van der Waals surface area contributed by atoms with Gasteiger partial charge in [-0.3, -0.25) is 10.1 Å². The van der Waals surface area contributed by atoms with Crippen molar-refractivity contribution in [2.75, 3.05) is 6.61 Å². The highest BCUT2D eigenvalue weighted by atomic mass is 79.9. The molecule has 1 heterocycles. The van der Waals surface area contributed by atoms with Crippen LogP contribution in [0.1, 0.15) is 6.92 Å². The van der Waals surface area contributed by atoms with Gasteiger partial charge in [-0.25, -0.2) is 9.97 Å². The summed E-state index contributed by atoms with van der Waals surface area (Å²) in [5.74, 6) is 0.449. The fourth-order valence-corrected chi connectivity index (χ4v) is 2.65. The number of hydrogen-bond donors (Lipinski definition) is 0. The molecule has 2 rings (SSSR count). The summed E-state index contributed by atoms with van der Waals surface area (Å²) in [6.07, 6.45) is 1.37. The predicted octanol–water partition coefficient (Wildman–Crippen LogP) is 3.70. The summed E-state index contributed by atoms with van der Waals surface area (Å²) in [5, 5.41) is 11.6. The van der Waals surface area contributed by atoms with E-state index >= 15 is 0 Å². The van der Waals surface area contributed by atoms with E-state index in [1.165, 1.54) is 24.2 Å². The summed E-state index contributed by atoms with van der Waals surface area (Å²) in [7, 11) is 0. The summed E-state index contributed by atoms with van der Waals surface area (Å²) >= 11 is 4.42. The zero-order valence-corrected chi connectivity index (χ0v) is 12.8. The van der Waals surface area contributed by atoms with Crippen molar-refractivity contribution >= 4 is 33.4 Å². The van der Waals surface area contributed by atoms with Crippen LogP contribution < -0.4 is 4.74 Å². The SMILES string of the molecule is CCOc1cc(Sc2ccc(Br)cc2[N+](=O)[O-])ncn1. The molecule has 0 atom stereocenters. The Labute approximate surface area is 127 Å². The highest BCUT2D eigenvalue weighted by Crippen LogP contribution is 2.36. The number of rotatable bonds is 5. The molecule has 0 N–H and O–H groups in total. The summed E-state index contributed by atoms with van der Waals surface area (Å²) in [4.78, 5) is 19.2. The van der Waals surface area contributed by atoms with Gasteiger partial charge in [0.2, 0.25) is 5.88 Å². The fourth-order valence-electron chi connectivity index (χ4n) is 1.44. The van der Waals surface area contributed by atoms with Gasteiger partial charge in [0.25, 0.3) is 5.69 Å².